The maximum absolute atomic E-state index is 11.0. The Morgan fingerprint density at radius 2 is 1.92 bits per heavy atom. The monoisotopic (exact) mass is 184 g/mol. The fourth-order valence-corrected chi connectivity index (χ4v) is 1.52. The highest BCUT2D eigenvalue weighted by molar-refractivity contribution is 5.76. The van der Waals surface area contributed by atoms with Crippen LogP contribution in [-0.4, -0.2) is 35.9 Å². The lowest BCUT2D eigenvalue weighted by molar-refractivity contribution is -0.129. The van der Waals surface area contributed by atoms with Crippen molar-refractivity contribution >= 4 is 11.9 Å². The summed E-state index contributed by atoms with van der Waals surface area (Å²) in [6.07, 6.45) is 1.72. The molecule has 0 spiro atoms. The molecule has 0 aromatic carbocycles. The van der Waals surface area contributed by atoms with Crippen molar-refractivity contribution in [2.45, 2.75) is 25.8 Å². The molecule has 1 aliphatic heterocycles. The molecule has 0 bridgehead atoms. The van der Waals surface area contributed by atoms with Crippen molar-refractivity contribution in [3.8, 4) is 0 Å². The van der Waals surface area contributed by atoms with Crippen molar-refractivity contribution in [1.82, 2.24) is 4.90 Å². The Kier molecular flexibility index (Phi) is 3.11. The van der Waals surface area contributed by atoms with Gasteiger partial charge in [-0.25, -0.2) is 0 Å². The van der Waals surface area contributed by atoms with E-state index in [-0.39, 0.29) is 17.9 Å². The quantitative estimate of drug-likeness (QED) is 0.416. The Bertz CT molecular complexity index is 214. The zero-order chi connectivity index (χ0) is 9.84. The summed E-state index contributed by atoms with van der Waals surface area (Å²) in [5, 5.41) is 0. The average Bonchev–Trinajstić information content (AvgIpc) is 2.04. The number of likely N-dealkylation sites (tertiary alicyclic amines) is 1. The second-order valence-corrected chi connectivity index (χ2v) is 3.29. The van der Waals surface area contributed by atoms with E-state index in [1.807, 2.05) is 4.90 Å². The van der Waals surface area contributed by atoms with E-state index in [0.29, 0.717) is 0 Å². The molecule has 1 saturated heterocycles. The first kappa shape index (κ1) is 9.83. The SMILES string of the molecule is CC(=O)N1CCC(N=C(N)N)CC1. The maximum Gasteiger partial charge on any atom is 0.219 e. The zero-order valence-electron chi connectivity index (χ0n) is 7.86. The number of nitrogens with zero attached hydrogens (tertiary/aromatic N) is 2. The van der Waals surface area contributed by atoms with Crippen LogP contribution in [0.1, 0.15) is 19.8 Å². The minimum Gasteiger partial charge on any atom is -0.370 e. The number of hydrogen-bond acceptors (Lipinski definition) is 2. The van der Waals surface area contributed by atoms with Crippen LogP contribution in [0.5, 0.6) is 0 Å². The molecule has 13 heavy (non-hydrogen) atoms. The van der Waals surface area contributed by atoms with Crippen molar-refractivity contribution in [2.75, 3.05) is 13.1 Å². The molecule has 4 N–H and O–H groups in total. The minimum absolute atomic E-state index is 0.128. The Balaban J connectivity index is 2.39. The van der Waals surface area contributed by atoms with Gasteiger partial charge in [0.05, 0.1) is 6.04 Å². The van der Waals surface area contributed by atoms with Crippen molar-refractivity contribution in [3.05, 3.63) is 0 Å². The van der Waals surface area contributed by atoms with Crippen LogP contribution in [0.2, 0.25) is 0 Å². The fraction of sp³-hybridized carbons (Fsp3) is 0.750. The van der Waals surface area contributed by atoms with Crippen LogP contribution in [0.25, 0.3) is 0 Å². The van der Waals surface area contributed by atoms with Crippen molar-refractivity contribution in [2.24, 2.45) is 16.5 Å². The number of nitrogens with two attached hydrogens (primary N) is 2. The Hall–Kier alpha value is -1.26. The fourth-order valence-electron chi connectivity index (χ4n) is 1.52. The van der Waals surface area contributed by atoms with Gasteiger partial charge in [0.1, 0.15) is 0 Å². The first-order chi connectivity index (χ1) is 6.09. The maximum atomic E-state index is 11.0. The number of aliphatic imine (C=N–C) groups is 1. The number of amides is 1. The van der Waals surface area contributed by atoms with Gasteiger partial charge in [-0.3, -0.25) is 9.79 Å². The number of carbonyl (C=O) groups is 1. The van der Waals surface area contributed by atoms with Crippen LogP contribution in [0.3, 0.4) is 0 Å². The molecule has 1 aliphatic rings. The normalized spacial score (nSPS) is 18.4. The Labute approximate surface area is 77.8 Å². The van der Waals surface area contributed by atoms with E-state index in [1.54, 1.807) is 6.92 Å². The molecule has 0 saturated carbocycles. The molecular weight excluding hydrogens is 168 g/mol. The molecule has 1 rings (SSSR count). The second-order valence-electron chi connectivity index (χ2n) is 3.29. The smallest absolute Gasteiger partial charge is 0.219 e. The lowest BCUT2D eigenvalue weighted by atomic mass is 10.1. The van der Waals surface area contributed by atoms with Gasteiger partial charge in [-0.2, -0.15) is 0 Å². The summed E-state index contributed by atoms with van der Waals surface area (Å²) in [6, 6.07) is 0.195. The molecule has 0 aliphatic carbocycles. The van der Waals surface area contributed by atoms with E-state index < -0.39 is 0 Å². The van der Waals surface area contributed by atoms with Gasteiger partial charge in [0.2, 0.25) is 5.91 Å². The number of guanidine groups is 1. The van der Waals surface area contributed by atoms with Gasteiger partial charge < -0.3 is 16.4 Å². The first-order valence-electron chi connectivity index (χ1n) is 4.44. The van der Waals surface area contributed by atoms with Crippen molar-refractivity contribution < 1.29 is 4.79 Å². The van der Waals surface area contributed by atoms with Crippen LogP contribution in [0.15, 0.2) is 4.99 Å². The lowest BCUT2D eigenvalue weighted by Crippen LogP contribution is -2.39. The first-order valence-corrected chi connectivity index (χ1v) is 4.44. The molecule has 0 radical (unpaired) electrons. The predicted octanol–water partition coefficient (Wildman–Crippen LogP) is -0.729. The number of carbonyl (C=O) groups excluding carboxylic acids is 1. The van der Waals surface area contributed by atoms with Crippen LogP contribution >= 0.6 is 0 Å². The van der Waals surface area contributed by atoms with E-state index in [9.17, 15) is 4.79 Å². The molecule has 0 aromatic heterocycles. The highest BCUT2D eigenvalue weighted by Gasteiger charge is 2.19. The van der Waals surface area contributed by atoms with Gasteiger partial charge in [-0.1, -0.05) is 0 Å². The molecular formula is C8H16N4O. The van der Waals surface area contributed by atoms with Crippen LogP contribution in [-0.2, 0) is 4.79 Å². The molecule has 1 amide bonds. The molecule has 0 atom stereocenters. The van der Waals surface area contributed by atoms with Gasteiger partial charge in [0, 0.05) is 20.0 Å². The van der Waals surface area contributed by atoms with Gasteiger partial charge in [-0.05, 0) is 12.8 Å². The van der Waals surface area contributed by atoms with E-state index in [4.69, 9.17) is 11.5 Å². The van der Waals surface area contributed by atoms with Gasteiger partial charge in [-0.15, -0.1) is 0 Å². The summed E-state index contributed by atoms with van der Waals surface area (Å²) >= 11 is 0. The van der Waals surface area contributed by atoms with Gasteiger partial charge in [0.25, 0.3) is 0 Å². The lowest BCUT2D eigenvalue weighted by Gasteiger charge is -2.29. The largest absolute Gasteiger partial charge is 0.370 e. The van der Waals surface area contributed by atoms with E-state index >= 15 is 0 Å². The third-order valence-electron chi connectivity index (χ3n) is 2.24. The van der Waals surface area contributed by atoms with E-state index in [0.717, 1.165) is 25.9 Å². The number of hydrogen-bond donors (Lipinski definition) is 2. The Morgan fingerprint density at radius 1 is 1.38 bits per heavy atom. The molecule has 1 heterocycles. The summed E-state index contributed by atoms with van der Waals surface area (Å²) in [6.45, 7) is 3.11. The molecule has 74 valence electrons. The van der Waals surface area contributed by atoms with Crippen LogP contribution < -0.4 is 11.5 Å². The zero-order valence-corrected chi connectivity index (χ0v) is 7.86. The second kappa shape index (κ2) is 4.11. The topological polar surface area (TPSA) is 84.7 Å². The summed E-state index contributed by atoms with van der Waals surface area (Å²) in [7, 11) is 0. The predicted molar refractivity (Wildman–Crippen MR) is 51.1 cm³/mol. The summed E-state index contributed by atoms with van der Waals surface area (Å²) in [5.41, 5.74) is 10.5. The number of rotatable bonds is 1. The van der Waals surface area contributed by atoms with Gasteiger partial charge in [0.15, 0.2) is 5.96 Å². The van der Waals surface area contributed by atoms with Crippen LogP contribution in [0.4, 0.5) is 0 Å². The highest BCUT2D eigenvalue weighted by atomic mass is 16.2. The van der Waals surface area contributed by atoms with E-state index in [1.165, 1.54) is 0 Å². The minimum atomic E-state index is 0.128. The average molecular weight is 184 g/mol. The Morgan fingerprint density at radius 3 is 2.31 bits per heavy atom. The molecule has 5 nitrogen and oxygen atoms in total. The third kappa shape index (κ3) is 2.93. The number of piperidine rings is 1. The van der Waals surface area contributed by atoms with Crippen molar-refractivity contribution in [3.63, 3.8) is 0 Å². The third-order valence-corrected chi connectivity index (χ3v) is 2.24. The summed E-state index contributed by atoms with van der Waals surface area (Å²) in [5.74, 6) is 0.268. The highest BCUT2D eigenvalue weighted by Crippen LogP contribution is 2.12. The van der Waals surface area contributed by atoms with E-state index in [2.05, 4.69) is 4.99 Å². The summed E-state index contributed by atoms with van der Waals surface area (Å²) in [4.78, 5) is 16.9. The van der Waals surface area contributed by atoms with Gasteiger partial charge >= 0.3 is 0 Å². The van der Waals surface area contributed by atoms with Crippen LogP contribution in [0, 0.1) is 0 Å². The molecule has 0 unspecified atom stereocenters. The van der Waals surface area contributed by atoms with Crippen molar-refractivity contribution in [1.29, 1.82) is 0 Å². The standard InChI is InChI=1S/C8H16N4O/c1-6(13)12-4-2-7(3-5-12)11-8(9)10/h7H,2-5H2,1H3,(H4,9,10,11). The molecule has 1 fully saturated rings. The summed E-state index contributed by atoms with van der Waals surface area (Å²) < 4.78 is 0. The molecule has 5 heteroatoms. The molecule has 0 aromatic rings.